The average molecular weight is 282 g/mol. The number of rotatable bonds is 2. The molecule has 76 valence electrons. The number of carbonyl (C=O) groups is 1. The fraction of sp³-hybridized carbons (Fsp3) is 0.0909. The zero-order valence-electron chi connectivity index (χ0n) is 8.03. The Morgan fingerprint density at radius 2 is 2.00 bits per heavy atom. The van der Waals surface area contributed by atoms with E-state index < -0.39 is 0 Å². The Morgan fingerprint density at radius 3 is 2.53 bits per heavy atom. The van der Waals surface area contributed by atoms with Gasteiger partial charge in [0.15, 0.2) is 11.3 Å². The largest absolute Gasteiger partial charge is 0.295 e. The minimum atomic E-state index is 0.533. The van der Waals surface area contributed by atoms with E-state index in [1.807, 2.05) is 31.2 Å². The van der Waals surface area contributed by atoms with Crippen LogP contribution in [0.4, 0.5) is 0 Å². The van der Waals surface area contributed by atoms with Crippen LogP contribution in [0.3, 0.4) is 0 Å². The first kappa shape index (κ1) is 10.5. The van der Waals surface area contributed by atoms with Gasteiger partial charge in [0.25, 0.3) is 0 Å². The predicted molar refractivity (Wildman–Crippen MR) is 65.4 cm³/mol. The first-order chi connectivity index (χ1) is 7.20. The SMILES string of the molecule is Cc1nc(C=O)sc1-c1ccc(Br)cc1. The third-order valence-electron chi connectivity index (χ3n) is 2.02. The molecule has 1 aromatic heterocycles. The van der Waals surface area contributed by atoms with Crippen LogP contribution in [0.5, 0.6) is 0 Å². The molecule has 0 fully saturated rings. The Labute approximate surface area is 100 Å². The standard InChI is InChI=1S/C11H8BrNOS/c1-7-11(15-10(6-14)13-7)8-2-4-9(12)5-3-8/h2-6H,1H3. The summed E-state index contributed by atoms with van der Waals surface area (Å²) in [5.41, 5.74) is 2.01. The fourth-order valence-electron chi connectivity index (χ4n) is 1.34. The van der Waals surface area contributed by atoms with Crippen molar-refractivity contribution in [3.63, 3.8) is 0 Å². The van der Waals surface area contributed by atoms with E-state index in [2.05, 4.69) is 20.9 Å². The molecule has 1 aromatic carbocycles. The highest BCUT2D eigenvalue weighted by Crippen LogP contribution is 2.30. The first-order valence-corrected chi connectivity index (χ1v) is 6.00. The second kappa shape index (κ2) is 4.24. The van der Waals surface area contributed by atoms with Crippen molar-refractivity contribution in [3.8, 4) is 10.4 Å². The molecule has 0 N–H and O–H groups in total. The van der Waals surface area contributed by atoms with Gasteiger partial charge in [0.1, 0.15) is 0 Å². The molecule has 15 heavy (non-hydrogen) atoms. The van der Waals surface area contributed by atoms with Crippen LogP contribution in [0.25, 0.3) is 10.4 Å². The van der Waals surface area contributed by atoms with Crippen molar-refractivity contribution >= 4 is 33.6 Å². The number of aromatic nitrogens is 1. The van der Waals surface area contributed by atoms with E-state index in [-0.39, 0.29) is 0 Å². The number of aldehydes is 1. The number of benzene rings is 1. The van der Waals surface area contributed by atoms with Gasteiger partial charge < -0.3 is 0 Å². The highest BCUT2D eigenvalue weighted by atomic mass is 79.9. The molecule has 0 saturated carbocycles. The van der Waals surface area contributed by atoms with Gasteiger partial charge in [-0.25, -0.2) is 4.98 Å². The lowest BCUT2D eigenvalue weighted by molar-refractivity contribution is 0.112. The van der Waals surface area contributed by atoms with Crippen LogP contribution in [-0.2, 0) is 0 Å². The molecule has 0 unspecified atom stereocenters. The van der Waals surface area contributed by atoms with Crippen molar-refractivity contribution in [1.82, 2.24) is 4.98 Å². The van der Waals surface area contributed by atoms with Crippen molar-refractivity contribution in [2.45, 2.75) is 6.92 Å². The van der Waals surface area contributed by atoms with Gasteiger partial charge >= 0.3 is 0 Å². The number of nitrogens with zero attached hydrogens (tertiary/aromatic N) is 1. The molecule has 2 aromatic rings. The maximum absolute atomic E-state index is 10.6. The summed E-state index contributed by atoms with van der Waals surface area (Å²) in [6.07, 6.45) is 0.792. The molecule has 0 amide bonds. The Bertz CT molecular complexity index is 490. The molecule has 2 nitrogen and oxygen atoms in total. The molecule has 0 aliphatic carbocycles. The normalized spacial score (nSPS) is 10.3. The summed E-state index contributed by atoms with van der Waals surface area (Å²) in [6, 6.07) is 7.99. The highest BCUT2D eigenvalue weighted by molar-refractivity contribution is 9.10. The molecule has 0 bridgehead atoms. The Kier molecular flexibility index (Phi) is 2.98. The van der Waals surface area contributed by atoms with Gasteiger partial charge in [0.2, 0.25) is 0 Å². The van der Waals surface area contributed by atoms with E-state index in [0.29, 0.717) is 5.01 Å². The summed E-state index contributed by atoms with van der Waals surface area (Å²) in [5.74, 6) is 0. The number of carbonyl (C=O) groups excluding carboxylic acids is 1. The smallest absolute Gasteiger partial charge is 0.178 e. The van der Waals surface area contributed by atoms with E-state index in [0.717, 1.165) is 26.9 Å². The van der Waals surface area contributed by atoms with Crippen molar-refractivity contribution in [2.24, 2.45) is 0 Å². The summed E-state index contributed by atoms with van der Waals surface area (Å²) in [4.78, 5) is 15.8. The van der Waals surface area contributed by atoms with Crippen LogP contribution in [0.1, 0.15) is 15.5 Å². The summed E-state index contributed by atoms with van der Waals surface area (Å²) in [5, 5.41) is 0.533. The third-order valence-corrected chi connectivity index (χ3v) is 3.68. The second-order valence-corrected chi connectivity index (χ2v) is 5.04. The van der Waals surface area contributed by atoms with E-state index in [1.54, 1.807) is 0 Å². The zero-order valence-corrected chi connectivity index (χ0v) is 10.4. The zero-order chi connectivity index (χ0) is 10.8. The number of aryl methyl sites for hydroxylation is 1. The second-order valence-electron chi connectivity index (χ2n) is 3.09. The first-order valence-electron chi connectivity index (χ1n) is 4.39. The van der Waals surface area contributed by atoms with Gasteiger partial charge in [0.05, 0.1) is 10.6 Å². The van der Waals surface area contributed by atoms with Crippen molar-refractivity contribution in [3.05, 3.63) is 39.4 Å². The quantitative estimate of drug-likeness (QED) is 0.786. The third kappa shape index (κ3) is 2.16. The molecule has 0 aliphatic heterocycles. The molecule has 0 atom stereocenters. The van der Waals surface area contributed by atoms with Gasteiger partial charge in [-0.1, -0.05) is 28.1 Å². The monoisotopic (exact) mass is 281 g/mol. The minimum absolute atomic E-state index is 0.533. The highest BCUT2D eigenvalue weighted by Gasteiger charge is 2.08. The molecule has 0 saturated heterocycles. The van der Waals surface area contributed by atoms with Gasteiger partial charge in [-0.15, -0.1) is 11.3 Å². The summed E-state index contributed by atoms with van der Waals surface area (Å²) in [7, 11) is 0. The predicted octanol–water partition coefficient (Wildman–Crippen LogP) is 3.69. The van der Waals surface area contributed by atoms with Crippen molar-refractivity contribution < 1.29 is 4.79 Å². The molecule has 1 heterocycles. The van der Waals surface area contributed by atoms with Crippen LogP contribution < -0.4 is 0 Å². The lowest BCUT2D eigenvalue weighted by Crippen LogP contribution is -1.78. The molecular formula is C11H8BrNOS. The van der Waals surface area contributed by atoms with Crippen LogP contribution in [0.15, 0.2) is 28.7 Å². The molecule has 0 aliphatic rings. The van der Waals surface area contributed by atoms with Crippen LogP contribution in [0, 0.1) is 6.92 Å². The summed E-state index contributed by atoms with van der Waals surface area (Å²) in [6.45, 7) is 1.92. The maximum atomic E-state index is 10.6. The minimum Gasteiger partial charge on any atom is -0.295 e. The van der Waals surface area contributed by atoms with Crippen molar-refractivity contribution in [2.75, 3.05) is 0 Å². The van der Waals surface area contributed by atoms with Gasteiger partial charge in [0, 0.05) is 4.47 Å². The van der Waals surface area contributed by atoms with Crippen molar-refractivity contribution in [1.29, 1.82) is 0 Å². The van der Waals surface area contributed by atoms with Gasteiger partial charge in [-0.05, 0) is 24.6 Å². The Balaban J connectivity index is 2.48. The lowest BCUT2D eigenvalue weighted by Gasteiger charge is -1.98. The van der Waals surface area contributed by atoms with Crippen LogP contribution in [-0.4, -0.2) is 11.3 Å². The molecule has 4 heteroatoms. The number of thiazole rings is 1. The van der Waals surface area contributed by atoms with Gasteiger partial charge in [-0.2, -0.15) is 0 Å². The lowest BCUT2D eigenvalue weighted by atomic mass is 10.2. The Morgan fingerprint density at radius 1 is 1.33 bits per heavy atom. The molecule has 0 spiro atoms. The molecule has 2 rings (SSSR count). The number of hydrogen-bond donors (Lipinski definition) is 0. The summed E-state index contributed by atoms with van der Waals surface area (Å²) >= 11 is 4.81. The molecule has 0 radical (unpaired) electrons. The van der Waals surface area contributed by atoms with E-state index in [9.17, 15) is 4.79 Å². The van der Waals surface area contributed by atoms with E-state index in [1.165, 1.54) is 11.3 Å². The van der Waals surface area contributed by atoms with E-state index >= 15 is 0 Å². The van der Waals surface area contributed by atoms with Crippen LogP contribution >= 0.6 is 27.3 Å². The van der Waals surface area contributed by atoms with E-state index in [4.69, 9.17) is 0 Å². The average Bonchev–Trinajstić information content (AvgIpc) is 2.61. The number of hydrogen-bond acceptors (Lipinski definition) is 3. The fourth-order valence-corrected chi connectivity index (χ4v) is 2.49. The molecular weight excluding hydrogens is 274 g/mol. The van der Waals surface area contributed by atoms with Crippen LogP contribution in [0.2, 0.25) is 0 Å². The topological polar surface area (TPSA) is 30.0 Å². The maximum Gasteiger partial charge on any atom is 0.178 e. The number of halogens is 1. The Hall–Kier alpha value is -1.00. The summed E-state index contributed by atoms with van der Waals surface area (Å²) < 4.78 is 1.05. The van der Waals surface area contributed by atoms with Gasteiger partial charge in [-0.3, -0.25) is 4.79 Å².